The van der Waals surface area contributed by atoms with Crippen LogP contribution in [0, 0.1) is 17.2 Å². The fraction of sp³-hybridized carbons (Fsp3) is 0.346. The number of amides is 2. The van der Waals surface area contributed by atoms with E-state index in [-0.39, 0.29) is 28.9 Å². The van der Waals surface area contributed by atoms with Crippen LogP contribution in [0.5, 0.6) is 5.75 Å². The van der Waals surface area contributed by atoms with Gasteiger partial charge in [-0.2, -0.15) is 0 Å². The molecule has 1 aliphatic carbocycles. The lowest BCUT2D eigenvalue weighted by Crippen LogP contribution is -2.59. The van der Waals surface area contributed by atoms with Gasteiger partial charge in [0.25, 0.3) is 5.91 Å². The Kier molecular flexibility index (Phi) is 5.92. The molecule has 2 unspecified atom stereocenters. The van der Waals surface area contributed by atoms with Gasteiger partial charge in [0.1, 0.15) is 23.4 Å². The van der Waals surface area contributed by atoms with Crippen molar-refractivity contribution in [1.82, 2.24) is 10.1 Å². The van der Waals surface area contributed by atoms with E-state index in [1.165, 1.54) is 17.0 Å². The first-order valence-corrected chi connectivity index (χ1v) is 11.6. The summed E-state index contributed by atoms with van der Waals surface area (Å²) in [5, 5.41) is 13.1. The second-order valence-electron chi connectivity index (χ2n) is 9.38. The van der Waals surface area contributed by atoms with Crippen molar-refractivity contribution in [2.75, 3.05) is 13.1 Å². The van der Waals surface area contributed by atoms with Crippen molar-refractivity contribution in [2.24, 2.45) is 17.1 Å². The molecule has 1 aliphatic heterocycles. The number of ether oxygens (including phenoxy) is 1. The molecule has 2 aliphatic rings. The number of benzene rings is 2. The van der Waals surface area contributed by atoms with Crippen molar-refractivity contribution in [3.8, 4) is 16.9 Å². The van der Waals surface area contributed by atoms with Crippen LogP contribution in [0.25, 0.3) is 11.1 Å². The highest BCUT2D eigenvalue weighted by Gasteiger charge is 2.56. The number of carbonyl (C=O) groups is 2. The van der Waals surface area contributed by atoms with Crippen molar-refractivity contribution >= 4 is 12.0 Å². The largest absolute Gasteiger partial charge is 0.490 e. The van der Waals surface area contributed by atoms with E-state index >= 15 is 0 Å². The van der Waals surface area contributed by atoms with Gasteiger partial charge in [0.15, 0.2) is 5.69 Å². The molecule has 35 heavy (non-hydrogen) atoms. The average molecular weight is 480 g/mol. The number of nitrogens with zero attached hydrogens (tertiary/aromatic N) is 2. The number of hydrogen-bond acceptors (Lipinski definition) is 5. The second-order valence-corrected chi connectivity index (χ2v) is 9.38. The summed E-state index contributed by atoms with van der Waals surface area (Å²) in [6.07, 6.45) is 1.75. The zero-order valence-electron chi connectivity index (χ0n) is 19.0. The Hall–Kier alpha value is -3.88. The minimum atomic E-state index is -0.900. The predicted octanol–water partition coefficient (Wildman–Crippen LogP) is 4.35. The van der Waals surface area contributed by atoms with Gasteiger partial charge in [0, 0.05) is 31.5 Å². The van der Waals surface area contributed by atoms with E-state index in [1.807, 2.05) is 24.3 Å². The number of primary amides is 1. The van der Waals surface area contributed by atoms with Crippen LogP contribution in [-0.2, 0) is 6.42 Å². The molecule has 0 radical (unpaired) electrons. The third-order valence-corrected chi connectivity index (χ3v) is 7.40. The van der Waals surface area contributed by atoms with Crippen LogP contribution in [0.1, 0.15) is 35.5 Å². The lowest BCUT2D eigenvalue weighted by Gasteiger charge is -2.57. The maximum Gasteiger partial charge on any atom is 0.407 e. The summed E-state index contributed by atoms with van der Waals surface area (Å²) >= 11 is 0. The Labute approximate surface area is 201 Å². The summed E-state index contributed by atoms with van der Waals surface area (Å²) < 4.78 is 25.1. The van der Waals surface area contributed by atoms with Crippen molar-refractivity contribution < 1.29 is 28.3 Å². The first-order chi connectivity index (χ1) is 16.8. The average Bonchev–Trinajstić information content (AvgIpc) is 3.33. The highest BCUT2D eigenvalue weighted by molar-refractivity contribution is 5.90. The maximum absolute atomic E-state index is 13.3. The first kappa shape index (κ1) is 22.9. The molecule has 1 saturated carbocycles. The van der Waals surface area contributed by atoms with Crippen LogP contribution >= 0.6 is 0 Å². The van der Waals surface area contributed by atoms with Crippen molar-refractivity contribution in [3.63, 3.8) is 0 Å². The van der Waals surface area contributed by atoms with Crippen LogP contribution in [0.3, 0.4) is 0 Å². The second kappa shape index (κ2) is 9.05. The Morgan fingerprint density at radius 3 is 2.54 bits per heavy atom. The quantitative estimate of drug-likeness (QED) is 0.543. The lowest BCUT2D eigenvalue weighted by atomic mass is 9.52. The molecule has 2 aromatic carbocycles. The fourth-order valence-corrected chi connectivity index (χ4v) is 5.43. The third kappa shape index (κ3) is 4.58. The van der Waals surface area contributed by atoms with Crippen molar-refractivity contribution in [3.05, 3.63) is 71.9 Å². The summed E-state index contributed by atoms with van der Waals surface area (Å²) in [4.78, 5) is 24.3. The van der Waals surface area contributed by atoms with Gasteiger partial charge < -0.3 is 25.0 Å². The molecule has 3 N–H and O–H groups in total. The number of likely N-dealkylation sites (tertiary alicyclic amines) is 1. The van der Waals surface area contributed by atoms with Crippen LogP contribution in [0.2, 0.25) is 0 Å². The van der Waals surface area contributed by atoms with E-state index in [0.29, 0.717) is 31.0 Å². The highest BCUT2D eigenvalue weighted by Crippen LogP contribution is 2.56. The van der Waals surface area contributed by atoms with E-state index in [0.717, 1.165) is 30.4 Å². The summed E-state index contributed by atoms with van der Waals surface area (Å²) in [6.45, 7) is 0.948. The predicted molar refractivity (Wildman–Crippen MR) is 124 cm³/mol. The molecular weight excluding hydrogens is 453 g/mol. The number of rotatable bonds is 6. The summed E-state index contributed by atoms with van der Waals surface area (Å²) in [6, 6.07) is 15.5. The van der Waals surface area contributed by atoms with E-state index < -0.39 is 12.0 Å². The Morgan fingerprint density at radius 2 is 1.89 bits per heavy atom. The molecule has 1 aromatic heterocycles. The Bertz CT molecular complexity index is 1230. The van der Waals surface area contributed by atoms with E-state index in [2.05, 4.69) is 5.16 Å². The van der Waals surface area contributed by atoms with Crippen LogP contribution < -0.4 is 10.5 Å². The van der Waals surface area contributed by atoms with Crippen molar-refractivity contribution in [2.45, 2.75) is 31.8 Å². The molecular formula is C26H26FN3O5. The number of piperidine rings is 1. The number of aromatic nitrogens is 1. The molecule has 0 bridgehead atoms. The molecule has 2 amide bonds. The van der Waals surface area contributed by atoms with Crippen LogP contribution in [0.15, 0.2) is 59.1 Å². The smallest absolute Gasteiger partial charge is 0.407 e. The standard InChI is InChI=1S/C26H26FN3O5/c27-18-6-4-16(5-7-18)17-2-1-3-19(12-17)34-23-15-26(8-10-30(11-9-26)25(32)33)21(23)13-20-14-22(24(28)31)29-35-20/h1-7,12,14,21,23H,8-11,13,15H2,(H2,28,31)(H,32,33). The molecule has 3 aromatic rings. The SMILES string of the molecule is NC(=O)c1cc(CC2C(Oc3cccc(-c4ccc(F)cc4)c3)CC23CCN(C(=O)O)CC3)on1. The number of carbonyl (C=O) groups excluding carboxylic acids is 1. The number of hydrogen-bond donors (Lipinski definition) is 2. The van der Waals surface area contributed by atoms with E-state index in [1.54, 1.807) is 18.2 Å². The normalized spacial score (nSPS) is 20.9. The lowest BCUT2D eigenvalue weighted by molar-refractivity contribution is -0.122. The van der Waals surface area contributed by atoms with Gasteiger partial charge in [-0.15, -0.1) is 0 Å². The molecule has 2 atom stereocenters. The molecule has 8 nitrogen and oxygen atoms in total. The van der Waals surface area contributed by atoms with E-state index in [9.17, 15) is 19.1 Å². The van der Waals surface area contributed by atoms with Crippen LogP contribution in [-0.4, -0.2) is 46.4 Å². The zero-order valence-corrected chi connectivity index (χ0v) is 19.0. The molecule has 2 heterocycles. The molecule has 5 rings (SSSR count). The maximum atomic E-state index is 13.3. The molecule has 9 heteroatoms. The zero-order chi connectivity index (χ0) is 24.6. The summed E-state index contributed by atoms with van der Waals surface area (Å²) in [5.74, 6) is 0.377. The number of carboxylic acid groups (broad SMARTS) is 1. The van der Waals surface area contributed by atoms with Gasteiger partial charge in [-0.1, -0.05) is 29.4 Å². The van der Waals surface area contributed by atoms with Gasteiger partial charge in [-0.3, -0.25) is 4.79 Å². The monoisotopic (exact) mass is 479 g/mol. The first-order valence-electron chi connectivity index (χ1n) is 11.6. The van der Waals surface area contributed by atoms with E-state index in [4.69, 9.17) is 15.0 Å². The Balaban J connectivity index is 1.35. The molecule has 1 spiro atoms. The molecule has 1 saturated heterocycles. The van der Waals surface area contributed by atoms with Crippen LogP contribution in [0.4, 0.5) is 9.18 Å². The van der Waals surface area contributed by atoms with Crippen molar-refractivity contribution in [1.29, 1.82) is 0 Å². The fourth-order valence-electron chi connectivity index (χ4n) is 5.43. The van der Waals surface area contributed by atoms with Gasteiger partial charge in [-0.05, 0) is 60.1 Å². The third-order valence-electron chi connectivity index (χ3n) is 7.40. The molecule has 2 fully saturated rings. The van der Waals surface area contributed by atoms with Gasteiger partial charge in [0.2, 0.25) is 0 Å². The van der Waals surface area contributed by atoms with Gasteiger partial charge >= 0.3 is 6.09 Å². The van der Waals surface area contributed by atoms with Gasteiger partial charge in [0.05, 0.1) is 0 Å². The molecule has 182 valence electrons. The topological polar surface area (TPSA) is 119 Å². The number of halogens is 1. The summed E-state index contributed by atoms with van der Waals surface area (Å²) in [7, 11) is 0. The van der Waals surface area contributed by atoms with Gasteiger partial charge in [-0.25, -0.2) is 9.18 Å². The highest BCUT2D eigenvalue weighted by atomic mass is 19.1. The minimum Gasteiger partial charge on any atom is -0.490 e. The minimum absolute atomic E-state index is 0.0570. The Morgan fingerprint density at radius 1 is 1.14 bits per heavy atom. The number of nitrogens with two attached hydrogens (primary N) is 1. The summed E-state index contributed by atoms with van der Waals surface area (Å²) in [5.41, 5.74) is 7.13.